The van der Waals surface area contributed by atoms with Crippen LogP contribution in [0.1, 0.15) is 45.4 Å². The van der Waals surface area contributed by atoms with Gasteiger partial charge in [-0.1, -0.05) is 62.2 Å². The molecular weight excluding hydrogens is 329 g/mol. The first kappa shape index (κ1) is 17.5. The van der Waals surface area contributed by atoms with Crippen LogP contribution in [0.2, 0.25) is 9.36 Å². The summed E-state index contributed by atoms with van der Waals surface area (Å²) in [5, 5.41) is 0.164. The number of unbranched alkanes of at least 4 members (excludes halogenated alkanes) is 5. The molecule has 0 aliphatic rings. The van der Waals surface area contributed by atoms with Gasteiger partial charge < -0.3 is 0 Å². The predicted octanol–water partition coefficient (Wildman–Crippen LogP) is 4.57. The van der Waals surface area contributed by atoms with Gasteiger partial charge in [-0.15, -0.1) is 0 Å². The van der Waals surface area contributed by atoms with Gasteiger partial charge in [-0.25, -0.2) is 0 Å². The number of aromatic nitrogens is 1. The molecule has 1 rings (SSSR count). The molecule has 1 aromatic rings. The van der Waals surface area contributed by atoms with Crippen LogP contribution in [0.4, 0.5) is 0 Å². The Labute approximate surface area is 127 Å². The van der Waals surface area contributed by atoms with Crippen molar-refractivity contribution in [2.75, 3.05) is 0 Å². The topological polar surface area (TPSA) is 22.0 Å². The average Bonchev–Trinajstić information content (AvgIpc) is 2.51. The Balaban J connectivity index is 0.00000256. The molecule has 0 atom stereocenters. The van der Waals surface area contributed by atoms with E-state index in [-0.39, 0.29) is 27.7 Å². The minimum atomic E-state index is -0.148. The Morgan fingerprint density at radius 3 is 2.24 bits per heavy atom. The van der Waals surface area contributed by atoms with Crippen molar-refractivity contribution < 1.29 is 17.1 Å². The molecule has 1 radical (unpaired) electrons. The second-order valence-electron chi connectivity index (χ2n) is 3.85. The first-order valence-electron chi connectivity index (χ1n) is 5.72. The molecule has 0 saturated heterocycles. The van der Waals surface area contributed by atoms with Crippen LogP contribution in [-0.4, -0.2) is 3.96 Å². The van der Waals surface area contributed by atoms with Gasteiger partial charge in [0, 0.05) is 23.6 Å². The van der Waals surface area contributed by atoms with Gasteiger partial charge >= 0.3 is 0 Å². The van der Waals surface area contributed by atoms with E-state index in [9.17, 15) is 4.79 Å². The SMILES string of the molecule is CCCCCCCCn1sc(Cl)c(Cl)c1=O.[Cu]. The van der Waals surface area contributed by atoms with Crippen molar-refractivity contribution in [1.82, 2.24) is 3.96 Å². The summed E-state index contributed by atoms with van der Waals surface area (Å²) in [6, 6.07) is 0. The van der Waals surface area contributed by atoms with Crippen LogP contribution in [0.5, 0.6) is 0 Å². The third-order valence-corrected chi connectivity index (χ3v) is 4.38. The Bertz CT molecular complexity index is 378. The van der Waals surface area contributed by atoms with Crippen molar-refractivity contribution in [3.05, 3.63) is 19.7 Å². The Hall–Kier alpha value is 0.529. The largest absolute Gasteiger partial charge is 0.280 e. The first-order chi connectivity index (χ1) is 7.66. The van der Waals surface area contributed by atoms with E-state index in [0.717, 1.165) is 13.0 Å². The maximum absolute atomic E-state index is 11.5. The second-order valence-corrected chi connectivity index (χ2v) is 5.87. The van der Waals surface area contributed by atoms with Gasteiger partial charge in [0.15, 0.2) is 0 Å². The van der Waals surface area contributed by atoms with Crippen LogP contribution in [0.15, 0.2) is 4.79 Å². The molecule has 0 fully saturated rings. The molecule has 17 heavy (non-hydrogen) atoms. The molecule has 0 amide bonds. The Morgan fingerprint density at radius 2 is 1.71 bits per heavy atom. The number of rotatable bonds is 7. The quantitative estimate of drug-likeness (QED) is 0.524. The van der Waals surface area contributed by atoms with Gasteiger partial charge in [0.1, 0.15) is 9.36 Å². The van der Waals surface area contributed by atoms with E-state index in [1.807, 2.05) is 0 Å². The number of nitrogens with zero attached hydrogens (tertiary/aromatic N) is 1. The average molecular weight is 346 g/mol. The third-order valence-electron chi connectivity index (χ3n) is 2.49. The van der Waals surface area contributed by atoms with E-state index in [1.165, 1.54) is 43.6 Å². The molecule has 6 heteroatoms. The maximum atomic E-state index is 11.5. The van der Waals surface area contributed by atoms with Crippen molar-refractivity contribution in [1.29, 1.82) is 0 Å². The summed E-state index contributed by atoms with van der Waals surface area (Å²) in [4.78, 5) is 11.5. The molecule has 1 heterocycles. The van der Waals surface area contributed by atoms with E-state index in [2.05, 4.69) is 6.92 Å². The molecule has 0 aromatic carbocycles. The molecule has 0 N–H and O–H groups in total. The van der Waals surface area contributed by atoms with Gasteiger partial charge in [0.2, 0.25) is 0 Å². The molecule has 0 aliphatic heterocycles. The van der Waals surface area contributed by atoms with Gasteiger partial charge in [-0.2, -0.15) is 0 Å². The van der Waals surface area contributed by atoms with Crippen LogP contribution in [0.25, 0.3) is 0 Å². The summed E-state index contributed by atoms with van der Waals surface area (Å²) in [7, 11) is 0. The maximum Gasteiger partial charge on any atom is 0.280 e. The van der Waals surface area contributed by atoms with E-state index < -0.39 is 0 Å². The molecule has 0 bridgehead atoms. The molecule has 0 unspecified atom stereocenters. The van der Waals surface area contributed by atoms with Crippen molar-refractivity contribution in [3.63, 3.8) is 0 Å². The van der Waals surface area contributed by atoms with E-state index >= 15 is 0 Å². The predicted molar refractivity (Wildman–Crippen MR) is 72.0 cm³/mol. The molecule has 0 aliphatic carbocycles. The molecule has 0 spiro atoms. The fraction of sp³-hybridized carbons (Fsp3) is 0.727. The van der Waals surface area contributed by atoms with Crippen LogP contribution in [0, 0.1) is 0 Å². The molecule has 103 valence electrons. The summed E-state index contributed by atoms with van der Waals surface area (Å²) in [6.07, 6.45) is 7.29. The van der Waals surface area contributed by atoms with E-state index in [0.29, 0.717) is 4.34 Å². The third kappa shape index (κ3) is 5.80. The second kappa shape index (κ2) is 9.46. The summed E-state index contributed by atoms with van der Waals surface area (Å²) in [5.41, 5.74) is -0.148. The standard InChI is InChI=1S/C11H17Cl2NOS.Cu/c1-2-3-4-5-6-7-8-14-11(15)9(12)10(13)16-14;/h2-8H2,1H3;. The first-order valence-corrected chi connectivity index (χ1v) is 7.25. The number of hydrogen-bond donors (Lipinski definition) is 0. The zero-order valence-corrected chi connectivity index (χ0v) is 13.0. The zero-order valence-electron chi connectivity index (χ0n) is 9.77. The van der Waals surface area contributed by atoms with E-state index in [4.69, 9.17) is 23.2 Å². The van der Waals surface area contributed by atoms with Crippen LogP contribution >= 0.6 is 34.7 Å². The molecule has 2 nitrogen and oxygen atoms in total. The van der Waals surface area contributed by atoms with Crippen molar-refractivity contribution in [2.24, 2.45) is 0 Å². The molecule has 1 aromatic heterocycles. The Kier molecular flexibility index (Phi) is 9.75. The smallest absolute Gasteiger partial charge is 0.267 e. The minimum absolute atomic E-state index is 0. The zero-order chi connectivity index (χ0) is 12.0. The van der Waals surface area contributed by atoms with Crippen molar-refractivity contribution >= 4 is 34.7 Å². The summed E-state index contributed by atoms with van der Waals surface area (Å²) in [5.74, 6) is 0. The minimum Gasteiger partial charge on any atom is -0.267 e. The van der Waals surface area contributed by atoms with Gasteiger partial charge in [0.25, 0.3) is 5.56 Å². The van der Waals surface area contributed by atoms with Crippen LogP contribution in [0.3, 0.4) is 0 Å². The number of hydrogen-bond acceptors (Lipinski definition) is 2. The van der Waals surface area contributed by atoms with Crippen molar-refractivity contribution in [3.8, 4) is 0 Å². The fourth-order valence-electron chi connectivity index (χ4n) is 1.55. The molecule has 0 saturated carbocycles. The van der Waals surface area contributed by atoms with Crippen LogP contribution in [-0.2, 0) is 23.6 Å². The van der Waals surface area contributed by atoms with E-state index in [1.54, 1.807) is 3.96 Å². The fourth-order valence-corrected chi connectivity index (χ4v) is 2.90. The number of aryl methyl sites for hydroxylation is 1. The van der Waals surface area contributed by atoms with Gasteiger partial charge in [-0.05, 0) is 18.0 Å². The van der Waals surface area contributed by atoms with Crippen molar-refractivity contribution in [2.45, 2.75) is 52.0 Å². The Morgan fingerprint density at radius 1 is 1.12 bits per heavy atom. The monoisotopic (exact) mass is 344 g/mol. The number of halogens is 2. The van der Waals surface area contributed by atoms with Gasteiger partial charge in [0.05, 0.1) is 0 Å². The van der Waals surface area contributed by atoms with Gasteiger partial charge in [-0.3, -0.25) is 8.75 Å². The molecular formula is C11H17Cl2CuNOS. The van der Waals surface area contributed by atoms with Crippen LogP contribution < -0.4 is 5.56 Å². The summed E-state index contributed by atoms with van der Waals surface area (Å²) in [6.45, 7) is 2.94. The normalized spacial score (nSPS) is 10.3. The summed E-state index contributed by atoms with van der Waals surface area (Å²) >= 11 is 12.8. The summed E-state index contributed by atoms with van der Waals surface area (Å²) < 4.78 is 2.04.